The van der Waals surface area contributed by atoms with Crippen LogP contribution in [0.25, 0.3) is 0 Å². The van der Waals surface area contributed by atoms with Crippen LogP contribution >= 0.6 is 0 Å². The van der Waals surface area contributed by atoms with Crippen LogP contribution in [0.3, 0.4) is 0 Å². The molecular formula is C14H15FN2O3. The first-order chi connectivity index (χ1) is 9.47. The van der Waals surface area contributed by atoms with E-state index in [0.717, 1.165) is 31.4 Å². The van der Waals surface area contributed by atoms with Gasteiger partial charge in [0, 0.05) is 24.7 Å². The van der Waals surface area contributed by atoms with E-state index in [9.17, 15) is 19.3 Å². The fourth-order valence-corrected chi connectivity index (χ4v) is 3.34. The molecule has 0 radical (unpaired) electrons. The van der Waals surface area contributed by atoms with Crippen LogP contribution in [-0.2, 0) is 0 Å². The maximum absolute atomic E-state index is 14.1. The number of halogens is 1. The average molecular weight is 278 g/mol. The Bertz CT molecular complexity index is 602. The number of amides is 1. The quantitative estimate of drug-likeness (QED) is 0.617. The molecule has 6 heteroatoms. The fraction of sp³-hybridized carbons (Fsp3) is 0.500. The van der Waals surface area contributed by atoms with Crippen molar-refractivity contribution in [2.24, 2.45) is 5.92 Å². The van der Waals surface area contributed by atoms with Crippen LogP contribution in [0.2, 0.25) is 0 Å². The second-order valence-corrected chi connectivity index (χ2v) is 5.67. The Hall–Kier alpha value is -1.98. The number of likely N-dealkylation sites (tertiary alicyclic amines) is 1. The van der Waals surface area contributed by atoms with E-state index in [1.807, 2.05) is 0 Å². The highest BCUT2D eigenvalue weighted by Crippen LogP contribution is 2.38. The first-order valence-corrected chi connectivity index (χ1v) is 6.73. The SMILES string of the molecule is Cc1cc([N+](=O)[O-])cc(C(=O)N2CC3CCC2C3)c1F. The zero-order valence-electron chi connectivity index (χ0n) is 11.1. The van der Waals surface area contributed by atoms with Crippen molar-refractivity contribution in [2.75, 3.05) is 6.54 Å². The number of nitrogens with zero attached hydrogens (tertiary/aromatic N) is 2. The lowest BCUT2D eigenvalue weighted by atomic mass is 10.1. The smallest absolute Gasteiger partial charge is 0.270 e. The predicted octanol–water partition coefficient (Wildman–Crippen LogP) is 2.67. The van der Waals surface area contributed by atoms with Gasteiger partial charge in [-0.1, -0.05) is 0 Å². The zero-order chi connectivity index (χ0) is 14.4. The number of nitro benzene ring substituents is 1. The Kier molecular flexibility index (Phi) is 2.96. The Labute approximate surface area is 115 Å². The standard InChI is InChI=1S/C14H15FN2O3/c1-8-4-11(17(19)20)6-12(13(8)15)14(18)16-7-9-2-3-10(16)5-9/h4,6,9-10H,2-3,5,7H2,1H3. The summed E-state index contributed by atoms with van der Waals surface area (Å²) in [7, 11) is 0. The molecule has 3 rings (SSSR count). The van der Waals surface area contributed by atoms with Gasteiger partial charge in [0.25, 0.3) is 11.6 Å². The van der Waals surface area contributed by atoms with Gasteiger partial charge in [-0.15, -0.1) is 0 Å². The highest BCUT2D eigenvalue weighted by molar-refractivity contribution is 5.96. The van der Waals surface area contributed by atoms with Crippen LogP contribution in [0, 0.1) is 28.8 Å². The first kappa shape index (κ1) is 13.0. The third-order valence-corrected chi connectivity index (χ3v) is 4.35. The van der Waals surface area contributed by atoms with E-state index >= 15 is 0 Å². The molecule has 1 heterocycles. The molecule has 0 spiro atoms. The molecule has 0 aromatic heterocycles. The molecule has 20 heavy (non-hydrogen) atoms. The summed E-state index contributed by atoms with van der Waals surface area (Å²) in [6.45, 7) is 2.08. The van der Waals surface area contributed by atoms with Crippen molar-refractivity contribution in [3.05, 3.63) is 39.2 Å². The number of hydrogen-bond acceptors (Lipinski definition) is 3. The number of rotatable bonds is 2. The Morgan fingerprint density at radius 3 is 2.75 bits per heavy atom. The number of fused-ring (bicyclic) bond motifs is 2. The van der Waals surface area contributed by atoms with Crippen LogP contribution in [0.5, 0.6) is 0 Å². The molecule has 1 aliphatic carbocycles. The van der Waals surface area contributed by atoms with E-state index in [0.29, 0.717) is 12.5 Å². The molecule has 2 unspecified atom stereocenters. The predicted molar refractivity (Wildman–Crippen MR) is 70.0 cm³/mol. The minimum absolute atomic E-state index is 0.131. The van der Waals surface area contributed by atoms with E-state index in [-0.39, 0.29) is 22.9 Å². The van der Waals surface area contributed by atoms with Crippen LogP contribution in [0.1, 0.15) is 35.2 Å². The highest BCUT2D eigenvalue weighted by atomic mass is 19.1. The number of carbonyl (C=O) groups is 1. The monoisotopic (exact) mass is 278 g/mol. The second kappa shape index (κ2) is 4.54. The lowest BCUT2D eigenvalue weighted by Crippen LogP contribution is -2.38. The van der Waals surface area contributed by atoms with Crippen molar-refractivity contribution in [3.8, 4) is 0 Å². The third kappa shape index (κ3) is 1.95. The molecule has 2 atom stereocenters. The van der Waals surface area contributed by atoms with Gasteiger partial charge in [-0.2, -0.15) is 0 Å². The summed E-state index contributed by atoms with van der Waals surface area (Å²) in [5, 5.41) is 10.8. The van der Waals surface area contributed by atoms with Gasteiger partial charge >= 0.3 is 0 Å². The molecule has 106 valence electrons. The highest BCUT2D eigenvalue weighted by Gasteiger charge is 2.41. The average Bonchev–Trinajstić information content (AvgIpc) is 3.03. The number of carbonyl (C=O) groups excluding carboxylic acids is 1. The second-order valence-electron chi connectivity index (χ2n) is 5.67. The molecule has 2 aliphatic rings. The van der Waals surface area contributed by atoms with Crippen molar-refractivity contribution in [2.45, 2.75) is 32.2 Å². The third-order valence-electron chi connectivity index (χ3n) is 4.35. The molecule has 1 aromatic carbocycles. The Morgan fingerprint density at radius 2 is 2.20 bits per heavy atom. The van der Waals surface area contributed by atoms with Crippen LogP contribution in [-0.4, -0.2) is 28.3 Å². The molecule has 1 aliphatic heterocycles. The summed E-state index contributed by atoms with van der Waals surface area (Å²) in [5.74, 6) is -0.559. The summed E-state index contributed by atoms with van der Waals surface area (Å²) in [4.78, 5) is 24.4. The van der Waals surface area contributed by atoms with Gasteiger partial charge < -0.3 is 4.90 Å². The lowest BCUT2D eigenvalue weighted by Gasteiger charge is -2.27. The van der Waals surface area contributed by atoms with Gasteiger partial charge in [-0.25, -0.2) is 4.39 Å². The lowest BCUT2D eigenvalue weighted by molar-refractivity contribution is -0.385. The number of aryl methyl sites for hydroxylation is 1. The van der Waals surface area contributed by atoms with Gasteiger partial charge in [-0.05, 0) is 37.7 Å². The fourth-order valence-electron chi connectivity index (χ4n) is 3.34. The maximum Gasteiger partial charge on any atom is 0.270 e. The number of non-ortho nitro benzene ring substituents is 1. The van der Waals surface area contributed by atoms with E-state index in [1.54, 1.807) is 4.90 Å². The molecule has 1 aromatic rings. The van der Waals surface area contributed by atoms with Crippen molar-refractivity contribution in [1.29, 1.82) is 0 Å². The summed E-state index contributed by atoms with van der Waals surface area (Å²) in [6.07, 6.45) is 3.04. The zero-order valence-corrected chi connectivity index (χ0v) is 11.1. The molecule has 2 bridgehead atoms. The Morgan fingerprint density at radius 1 is 1.45 bits per heavy atom. The van der Waals surface area contributed by atoms with Crippen molar-refractivity contribution >= 4 is 11.6 Å². The van der Waals surface area contributed by atoms with Crippen LogP contribution in [0.15, 0.2) is 12.1 Å². The normalized spacial score (nSPS) is 24.2. The molecule has 1 amide bonds. The van der Waals surface area contributed by atoms with Gasteiger partial charge in [0.15, 0.2) is 0 Å². The molecule has 5 nitrogen and oxygen atoms in total. The van der Waals surface area contributed by atoms with Crippen molar-refractivity contribution in [1.82, 2.24) is 4.90 Å². The summed E-state index contributed by atoms with van der Waals surface area (Å²) in [6, 6.07) is 2.38. The van der Waals surface area contributed by atoms with Crippen molar-refractivity contribution in [3.63, 3.8) is 0 Å². The number of benzene rings is 1. The minimum Gasteiger partial charge on any atom is -0.335 e. The van der Waals surface area contributed by atoms with Gasteiger partial charge in [-0.3, -0.25) is 14.9 Å². The Balaban J connectivity index is 1.97. The summed E-state index contributed by atoms with van der Waals surface area (Å²) < 4.78 is 14.1. The number of nitro groups is 1. The summed E-state index contributed by atoms with van der Waals surface area (Å²) >= 11 is 0. The number of hydrogen-bond donors (Lipinski definition) is 0. The van der Waals surface area contributed by atoms with E-state index < -0.39 is 16.6 Å². The van der Waals surface area contributed by atoms with E-state index in [4.69, 9.17) is 0 Å². The first-order valence-electron chi connectivity index (χ1n) is 6.73. The van der Waals surface area contributed by atoms with Crippen LogP contribution < -0.4 is 0 Å². The maximum atomic E-state index is 14.1. The molecule has 1 saturated carbocycles. The molecular weight excluding hydrogens is 263 g/mol. The van der Waals surface area contributed by atoms with Gasteiger partial charge in [0.2, 0.25) is 0 Å². The largest absolute Gasteiger partial charge is 0.335 e. The van der Waals surface area contributed by atoms with Crippen LogP contribution in [0.4, 0.5) is 10.1 Å². The van der Waals surface area contributed by atoms with E-state index in [2.05, 4.69) is 0 Å². The molecule has 2 fully saturated rings. The minimum atomic E-state index is -0.650. The van der Waals surface area contributed by atoms with Gasteiger partial charge in [0.05, 0.1) is 10.5 Å². The summed E-state index contributed by atoms with van der Waals surface area (Å²) in [5.41, 5.74) is -0.284. The van der Waals surface area contributed by atoms with Gasteiger partial charge in [0.1, 0.15) is 5.82 Å². The molecule has 1 saturated heterocycles. The molecule has 0 N–H and O–H groups in total. The van der Waals surface area contributed by atoms with E-state index in [1.165, 1.54) is 6.92 Å². The topological polar surface area (TPSA) is 63.5 Å². The number of piperidine rings is 1. The van der Waals surface area contributed by atoms with Crippen molar-refractivity contribution < 1.29 is 14.1 Å².